The molecule has 1 aromatic heterocycles. The van der Waals surface area contributed by atoms with Crippen LogP contribution in [0.15, 0.2) is 53.7 Å². The zero-order valence-corrected chi connectivity index (χ0v) is 9.24. The molecule has 0 aliphatic carbocycles. The maximum absolute atomic E-state index is 11.3. The first-order valence-corrected chi connectivity index (χ1v) is 6.57. The zero-order chi connectivity index (χ0) is 10.9. The van der Waals surface area contributed by atoms with E-state index in [0.29, 0.717) is 5.69 Å². The molecule has 2 rings (SSSR count). The average molecular weight is 242 g/mol. The summed E-state index contributed by atoms with van der Waals surface area (Å²) in [6, 6.07) is 10.2. The van der Waals surface area contributed by atoms with Crippen molar-refractivity contribution in [2.75, 3.05) is 0 Å². The Morgan fingerprint density at radius 3 is 2.20 bits per heavy atom. The highest BCUT2D eigenvalue weighted by Crippen LogP contribution is 2.22. The van der Waals surface area contributed by atoms with Gasteiger partial charge < -0.3 is 4.57 Å². The highest BCUT2D eigenvalue weighted by Gasteiger charge is 2.15. The Hall–Kier alpha value is -1.26. The predicted octanol–water partition coefficient (Wildman–Crippen LogP) is 2.40. The lowest BCUT2D eigenvalue weighted by atomic mass is 10.3. The van der Waals surface area contributed by atoms with Crippen molar-refractivity contribution in [3.63, 3.8) is 0 Å². The molecule has 0 aliphatic rings. The van der Waals surface area contributed by atoms with Crippen molar-refractivity contribution in [1.82, 2.24) is 4.57 Å². The molecule has 0 N–H and O–H groups in total. The van der Waals surface area contributed by atoms with Gasteiger partial charge in [-0.15, -0.1) is 0 Å². The van der Waals surface area contributed by atoms with Gasteiger partial charge in [-0.1, -0.05) is 12.1 Å². The van der Waals surface area contributed by atoms with Crippen LogP contribution in [0, 0.1) is 0 Å². The Morgan fingerprint density at radius 1 is 1.00 bits per heavy atom. The Balaban J connectivity index is 2.68. The van der Waals surface area contributed by atoms with Gasteiger partial charge in [0.25, 0.3) is 9.05 Å². The van der Waals surface area contributed by atoms with E-state index in [1.165, 1.54) is 6.07 Å². The second kappa shape index (κ2) is 3.72. The third-order valence-corrected chi connectivity index (χ3v) is 3.38. The van der Waals surface area contributed by atoms with Crippen LogP contribution < -0.4 is 0 Å². The number of halogens is 1. The molecule has 0 saturated carbocycles. The topological polar surface area (TPSA) is 39.1 Å². The molecule has 0 saturated heterocycles. The first kappa shape index (κ1) is 10.3. The second-order valence-electron chi connectivity index (χ2n) is 3.00. The summed E-state index contributed by atoms with van der Waals surface area (Å²) >= 11 is 0. The Morgan fingerprint density at radius 2 is 1.60 bits per heavy atom. The second-order valence-corrected chi connectivity index (χ2v) is 5.53. The monoisotopic (exact) mass is 241 g/mol. The molecule has 1 heterocycles. The maximum atomic E-state index is 11.3. The van der Waals surface area contributed by atoms with E-state index in [9.17, 15) is 8.42 Å². The first-order valence-electron chi connectivity index (χ1n) is 4.26. The smallest absolute Gasteiger partial charge is 0.263 e. The highest BCUT2D eigenvalue weighted by atomic mass is 35.7. The summed E-state index contributed by atoms with van der Waals surface area (Å²) in [7, 11) is 1.63. The fraction of sp³-hybridized carbons (Fsp3) is 0. The fourth-order valence-electron chi connectivity index (χ4n) is 1.37. The molecule has 2 aromatic rings. The largest absolute Gasteiger partial charge is 0.323 e. The van der Waals surface area contributed by atoms with Crippen molar-refractivity contribution >= 4 is 19.7 Å². The molecule has 15 heavy (non-hydrogen) atoms. The van der Waals surface area contributed by atoms with Crippen molar-refractivity contribution < 1.29 is 8.42 Å². The quantitative estimate of drug-likeness (QED) is 0.758. The number of rotatable bonds is 2. The van der Waals surface area contributed by atoms with E-state index < -0.39 is 9.05 Å². The minimum atomic E-state index is -3.71. The van der Waals surface area contributed by atoms with Gasteiger partial charge >= 0.3 is 0 Å². The number of benzene rings is 1. The van der Waals surface area contributed by atoms with Crippen molar-refractivity contribution in [3.8, 4) is 5.69 Å². The maximum Gasteiger partial charge on any atom is 0.263 e. The lowest BCUT2D eigenvalue weighted by Gasteiger charge is -2.06. The van der Waals surface area contributed by atoms with Gasteiger partial charge in [0.2, 0.25) is 0 Å². The Kier molecular flexibility index (Phi) is 2.54. The van der Waals surface area contributed by atoms with E-state index in [0.717, 1.165) is 0 Å². The predicted molar refractivity (Wildman–Crippen MR) is 58.8 cm³/mol. The van der Waals surface area contributed by atoms with Crippen molar-refractivity contribution in [3.05, 3.63) is 48.8 Å². The lowest BCUT2D eigenvalue weighted by Crippen LogP contribution is -1.99. The van der Waals surface area contributed by atoms with Gasteiger partial charge in [-0.3, -0.25) is 0 Å². The van der Waals surface area contributed by atoms with Gasteiger partial charge in [-0.25, -0.2) is 8.42 Å². The van der Waals surface area contributed by atoms with Crippen LogP contribution in [0.25, 0.3) is 5.69 Å². The first-order chi connectivity index (χ1) is 7.09. The lowest BCUT2D eigenvalue weighted by molar-refractivity contribution is 0.609. The van der Waals surface area contributed by atoms with Gasteiger partial charge in [-0.05, 0) is 24.3 Å². The molecule has 3 nitrogen and oxygen atoms in total. The SMILES string of the molecule is O=S(=O)(Cl)c1ccccc1-n1cccc1. The summed E-state index contributed by atoms with van der Waals surface area (Å²) in [5.74, 6) is 0. The van der Waals surface area contributed by atoms with Crippen LogP contribution in [0.2, 0.25) is 0 Å². The Labute approximate surface area is 92.3 Å². The van der Waals surface area contributed by atoms with E-state index in [-0.39, 0.29) is 4.90 Å². The minimum absolute atomic E-state index is 0.114. The molecule has 0 fully saturated rings. The molecule has 78 valence electrons. The number of nitrogens with zero attached hydrogens (tertiary/aromatic N) is 1. The summed E-state index contributed by atoms with van der Waals surface area (Å²) in [4.78, 5) is 0.114. The van der Waals surface area contributed by atoms with Crippen LogP contribution in [0.3, 0.4) is 0 Å². The third-order valence-electron chi connectivity index (χ3n) is 2.01. The molecule has 0 spiro atoms. The van der Waals surface area contributed by atoms with Crippen LogP contribution in [-0.4, -0.2) is 13.0 Å². The van der Waals surface area contributed by atoms with Crippen LogP contribution in [0.5, 0.6) is 0 Å². The van der Waals surface area contributed by atoms with Gasteiger partial charge in [0.05, 0.1) is 5.69 Å². The highest BCUT2D eigenvalue weighted by molar-refractivity contribution is 8.13. The van der Waals surface area contributed by atoms with E-state index in [4.69, 9.17) is 10.7 Å². The summed E-state index contributed by atoms with van der Waals surface area (Å²) in [5, 5.41) is 0. The van der Waals surface area contributed by atoms with Crippen molar-refractivity contribution in [2.45, 2.75) is 4.90 Å². The molecule has 0 atom stereocenters. The fourth-order valence-corrected chi connectivity index (χ4v) is 2.43. The number of aromatic nitrogens is 1. The van der Waals surface area contributed by atoms with Gasteiger partial charge in [0.1, 0.15) is 4.90 Å². The van der Waals surface area contributed by atoms with Crippen LogP contribution >= 0.6 is 10.7 Å². The van der Waals surface area contributed by atoms with Gasteiger partial charge in [-0.2, -0.15) is 0 Å². The van der Waals surface area contributed by atoms with E-state index in [1.807, 2.05) is 12.1 Å². The summed E-state index contributed by atoms with van der Waals surface area (Å²) in [5.41, 5.74) is 0.553. The summed E-state index contributed by atoms with van der Waals surface area (Å²) in [6.45, 7) is 0. The third kappa shape index (κ3) is 2.06. The molecular formula is C10H8ClNO2S. The molecule has 0 unspecified atom stereocenters. The molecular weight excluding hydrogens is 234 g/mol. The van der Waals surface area contributed by atoms with E-state index >= 15 is 0 Å². The standard InChI is InChI=1S/C10H8ClNO2S/c11-15(13,14)10-6-2-1-5-9(10)12-7-3-4-8-12/h1-8H. The van der Waals surface area contributed by atoms with Crippen LogP contribution in [-0.2, 0) is 9.05 Å². The van der Waals surface area contributed by atoms with Gasteiger partial charge in [0, 0.05) is 23.1 Å². The number of hydrogen-bond donors (Lipinski definition) is 0. The summed E-state index contributed by atoms with van der Waals surface area (Å²) < 4.78 is 24.3. The average Bonchev–Trinajstić information content (AvgIpc) is 2.69. The van der Waals surface area contributed by atoms with Gasteiger partial charge in [0.15, 0.2) is 0 Å². The molecule has 5 heteroatoms. The molecule has 1 aromatic carbocycles. The number of para-hydroxylation sites is 1. The molecule has 0 amide bonds. The van der Waals surface area contributed by atoms with Crippen molar-refractivity contribution in [1.29, 1.82) is 0 Å². The summed E-state index contributed by atoms with van der Waals surface area (Å²) in [6.07, 6.45) is 3.53. The zero-order valence-electron chi connectivity index (χ0n) is 7.67. The van der Waals surface area contributed by atoms with Crippen LogP contribution in [0.4, 0.5) is 0 Å². The normalized spacial score (nSPS) is 11.5. The van der Waals surface area contributed by atoms with Crippen molar-refractivity contribution in [2.24, 2.45) is 0 Å². The molecule has 0 radical (unpaired) electrons. The number of hydrogen-bond acceptors (Lipinski definition) is 2. The Bertz CT molecular complexity index is 561. The minimum Gasteiger partial charge on any atom is -0.323 e. The van der Waals surface area contributed by atoms with E-state index in [1.54, 1.807) is 35.2 Å². The molecule has 0 aliphatic heterocycles. The van der Waals surface area contributed by atoms with Crippen LogP contribution in [0.1, 0.15) is 0 Å². The molecule has 0 bridgehead atoms. The van der Waals surface area contributed by atoms with E-state index in [2.05, 4.69) is 0 Å².